The number of primary amides is 1. The predicted molar refractivity (Wildman–Crippen MR) is 146 cm³/mol. The minimum atomic E-state index is -0.379. The van der Waals surface area contributed by atoms with Crippen molar-refractivity contribution in [2.45, 2.75) is 27.7 Å². The number of amides is 2. The van der Waals surface area contributed by atoms with E-state index in [2.05, 4.69) is 11.4 Å². The molecule has 0 aliphatic heterocycles. The van der Waals surface area contributed by atoms with Crippen molar-refractivity contribution < 1.29 is 9.59 Å². The van der Waals surface area contributed by atoms with Crippen LogP contribution in [0.5, 0.6) is 0 Å². The van der Waals surface area contributed by atoms with E-state index in [1.807, 2.05) is 82.3 Å². The van der Waals surface area contributed by atoms with Gasteiger partial charge in [0.2, 0.25) is 5.91 Å². The molecule has 0 spiro atoms. The van der Waals surface area contributed by atoms with Gasteiger partial charge in [0.1, 0.15) is 0 Å². The normalized spacial score (nSPS) is 9.63. The summed E-state index contributed by atoms with van der Waals surface area (Å²) in [5.74, 6) is -0.449. The van der Waals surface area contributed by atoms with Crippen LogP contribution in [-0.4, -0.2) is 11.8 Å². The molecule has 3 N–H and O–H groups in total. The Bertz CT molecular complexity index is 1260. The molecular formula is C30H31ClN2O2. The fourth-order valence-corrected chi connectivity index (χ4v) is 3.19. The van der Waals surface area contributed by atoms with Crippen LogP contribution in [0, 0.1) is 27.7 Å². The van der Waals surface area contributed by atoms with Gasteiger partial charge in [0.15, 0.2) is 0 Å². The van der Waals surface area contributed by atoms with E-state index in [1.54, 1.807) is 36.4 Å². The molecule has 4 rings (SSSR count). The first-order valence-electron chi connectivity index (χ1n) is 11.2. The SMILES string of the molecule is Cc1ccc(C)c(Cl)c1.Cc1ccc(C)c(NC(=O)c2ccccc2)c1.NC(=O)c1ccccc1. The summed E-state index contributed by atoms with van der Waals surface area (Å²) < 4.78 is 0. The molecule has 0 aliphatic rings. The van der Waals surface area contributed by atoms with Crippen LogP contribution in [0.4, 0.5) is 5.69 Å². The maximum absolute atomic E-state index is 12.0. The quantitative estimate of drug-likeness (QED) is 0.319. The monoisotopic (exact) mass is 486 g/mol. The van der Waals surface area contributed by atoms with E-state index in [-0.39, 0.29) is 11.8 Å². The summed E-state index contributed by atoms with van der Waals surface area (Å²) in [6, 6.07) is 30.1. The molecule has 0 saturated carbocycles. The number of benzene rings is 4. The molecule has 0 aromatic heterocycles. The number of rotatable bonds is 3. The van der Waals surface area contributed by atoms with Gasteiger partial charge in [-0.2, -0.15) is 0 Å². The first kappa shape index (κ1) is 27.4. The summed E-state index contributed by atoms with van der Waals surface area (Å²) in [7, 11) is 0. The third kappa shape index (κ3) is 9.48. The summed E-state index contributed by atoms with van der Waals surface area (Å²) in [6.07, 6.45) is 0. The van der Waals surface area contributed by atoms with Crippen LogP contribution < -0.4 is 11.1 Å². The third-order valence-electron chi connectivity index (χ3n) is 5.06. The molecule has 35 heavy (non-hydrogen) atoms. The van der Waals surface area contributed by atoms with Crippen molar-refractivity contribution in [1.82, 2.24) is 0 Å². The van der Waals surface area contributed by atoms with E-state index >= 15 is 0 Å². The number of hydrogen-bond donors (Lipinski definition) is 2. The second-order valence-electron chi connectivity index (χ2n) is 8.12. The van der Waals surface area contributed by atoms with E-state index in [0.717, 1.165) is 27.4 Å². The fraction of sp³-hybridized carbons (Fsp3) is 0.133. The maximum Gasteiger partial charge on any atom is 0.255 e. The van der Waals surface area contributed by atoms with Crippen molar-refractivity contribution in [3.63, 3.8) is 0 Å². The molecule has 4 aromatic rings. The Morgan fingerprint density at radius 1 is 0.657 bits per heavy atom. The smallest absolute Gasteiger partial charge is 0.255 e. The van der Waals surface area contributed by atoms with Gasteiger partial charge >= 0.3 is 0 Å². The van der Waals surface area contributed by atoms with E-state index in [1.165, 1.54) is 5.56 Å². The standard InChI is InChI=1S/C15H15NO.C8H9Cl.C7H7NO/c1-11-8-9-12(2)14(10-11)16-15(17)13-6-4-3-5-7-13;1-6-3-4-7(2)8(9)5-6;8-7(9)6-4-2-1-3-5-6/h3-10H,1-2H3,(H,16,17);3-5H,1-2H3;1-5H,(H2,8,9). The predicted octanol–water partition coefficient (Wildman–Crippen LogP) is 7.30. The van der Waals surface area contributed by atoms with Crippen LogP contribution >= 0.6 is 11.6 Å². The summed E-state index contributed by atoms with van der Waals surface area (Å²) >= 11 is 5.81. The van der Waals surface area contributed by atoms with Crippen molar-refractivity contribution in [2.24, 2.45) is 5.73 Å². The van der Waals surface area contributed by atoms with Crippen molar-refractivity contribution in [3.8, 4) is 0 Å². The van der Waals surface area contributed by atoms with E-state index < -0.39 is 0 Å². The average molecular weight is 487 g/mol. The lowest BCUT2D eigenvalue weighted by molar-refractivity contribution is 0.0997. The van der Waals surface area contributed by atoms with E-state index in [0.29, 0.717) is 11.1 Å². The Kier molecular flexibility index (Phi) is 10.7. The highest BCUT2D eigenvalue weighted by atomic mass is 35.5. The van der Waals surface area contributed by atoms with Crippen LogP contribution in [0.2, 0.25) is 5.02 Å². The first-order valence-corrected chi connectivity index (χ1v) is 11.6. The molecule has 4 nitrogen and oxygen atoms in total. The molecule has 0 bridgehead atoms. The van der Waals surface area contributed by atoms with Crippen LogP contribution in [0.15, 0.2) is 97.1 Å². The lowest BCUT2D eigenvalue weighted by Gasteiger charge is -2.09. The summed E-state index contributed by atoms with van der Waals surface area (Å²) in [5.41, 5.74) is 11.6. The largest absolute Gasteiger partial charge is 0.366 e. The topological polar surface area (TPSA) is 72.2 Å². The highest BCUT2D eigenvalue weighted by Crippen LogP contribution is 2.17. The minimum absolute atomic E-state index is 0.0701. The third-order valence-corrected chi connectivity index (χ3v) is 5.47. The first-order chi connectivity index (χ1) is 16.7. The summed E-state index contributed by atoms with van der Waals surface area (Å²) in [4.78, 5) is 22.4. The van der Waals surface area contributed by atoms with Crippen molar-refractivity contribution in [3.05, 3.63) is 135 Å². The molecule has 0 saturated heterocycles. The van der Waals surface area contributed by atoms with Gasteiger partial charge in [0, 0.05) is 21.8 Å². The average Bonchev–Trinajstić information content (AvgIpc) is 2.86. The van der Waals surface area contributed by atoms with Crippen LogP contribution in [0.25, 0.3) is 0 Å². The van der Waals surface area contributed by atoms with Crippen molar-refractivity contribution in [2.75, 3.05) is 5.32 Å². The zero-order chi connectivity index (χ0) is 25.8. The number of carbonyl (C=O) groups excluding carboxylic acids is 2. The molecule has 0 fully saturated rings. The molecule has 0 unspecified atom stereocenters. The number of nitrogens with one attached hydrogen (secondary N) is 1. The second kappa shape index (κ2) is 13.7. The molecule has 0 aliphatic carbocycles. The number of anilines is 1. The van der Waals surface area contributed by atoms with Gasteiger partial charge in [-0.1, -0.05) is 72.3 Å². The minimum Gasteiger partial charge on any atom is -0.366 e. The molecular weight excluding hydrogens is 456 g/mol. The van der Waals surface area contributed by atoms with Gasteiger partial charge in [0.05, 0.1) is 0 Å². The summed E-state index contributed by atoms with van der Waals surface area (Å²) in [5, 5.41) is 3.78. The van der Waals surface area contributed by atoms with Gasteiger partial charge in [-0.05, 0) is 86.3 Å². The zero-order valence-electron chi connectivity index (χ0n) is 20.5. The van der Waals surface area contributed by atoms with E-state index in [9.17, 15) is 9.59 Å². The molecule has 4 aromatic carbocycles. The Hall–Kier alpha value is -3.89. The maximum atomic E-state index is 12.0. The number of nitrogens with two attached hydrogens (primary N) is 1. The highest BCUT2D eigenvalue weighted by Gasteiger charge is 2.06. The van der Waals surface area contributed by atoms with Gasteiger partial charge in [-0.25, -0.2) is 0 Å². The van der Waals surface area contributed by atoms with Crippen LogP contribution in [0.3, 0.4) is 0 Å². The molecule has 2 amide bonds. The molecule has 180 valence electrons. The summed E-state index contributed by atoms with van der Waals surface area (Å²) in [6.45, 7) is 8.03. The Morgan fingerprint density at radius 3 is 1.60 bits per heavy atom. The van der Waals surface area contributed by atoms with E-state index in [4.69, 9.17) is 17.3 Å². The number of aryl methyl sites for hydroxylation is 4. The lowest BCUT2D eigenvalue weighted by atomic mass is 10.1. The Balaban J connectivity index is 0.000000203. The highest BCUT2D eigenvalue weighted by molar-refractivity contribution is 6.31. The zero-order valence-corrected chi connectivity index (χ0v) is 21.3. The second-order valence-corrected chi connectivity index (χ2v) is 8.53. The van der Waals surface area contributed by atoms with Crippen LogP contribution in [0.1, 0.15) is 43.0 Å². The van der Waals surface area contributed by atoms with Gasteiger partial charge in [-0.3, -0.25) is 9.59 Å². The molecule has 0 atom stereocenters. The molecule has 5 heteroatoms. The van der Waals surface area contributed by atoms with Gasteiger partial charge in [-0.15, -0.1) is 0 Å². The van der Waals surface area contributed by atoms with Crippen molar-refractivity contribution in [1.29, 1.82) is 0 Å². The number of carbonyl (C=O) groups is 2. The van der Waals surface area contributed by atoms with Crippen molar-refractivity contribution >= 4 is 29.1 Å². The van der Waals surface area contributed by atoms with Crippen LogP contribution in [-0.2, 0) is 0 Å². The number of halogens is 1. The lowest BCUT2D eigenvalue weighted by Crippen LogP contribution is -2.12. The number of hydrogen-bond acceptors (Lipinski definition) is 2. The van der Waals surface area contributed by atoms with Gasteiger partial charge in [0.25, 0.3) is 5.91 Å². The molecule has 0 heterocycles. The fourth-order valence-electron chi connectivity index (χ4n) is 2.95. The Morgan fingerprint density at radius 2 is 1.14 bits per heavy atom. The Labute approximate surface area is 212 Å². The molecule has 0 radical (unpaired) electrons. The van der Waals surface area contributed by atoms with Gasteiger partial charge < -0.3 is 11.1 Å².